The van der Waals surface area contributed by atoms with Gasteiger partial charge in [0.15, 0.2) is 0 Å². The van der Waals surface area contributed by atoms with E-state index in [0.29, 0.717) is 6.42 Å². The minimum Gasteiger partial charge on any atom is -1.00 e. The Labute approximate surface area is 117 Å². The van der Waals surface area contributed by atoms with Gasteiger partial charge in [0.1, 0.15) is 0 Å². The van der Waals surface area contributed by atoms with Crippen molar-refractivity contribution in [3.05, 3.63) is 0 Å². The number of hydrogen-bond acceptors (Lipinski definition) is 3. The van der Waals surface area contributed by atoms with Crippen LogP contribution in [0.4, 0.5) is 0 Å². The summed E-state index contributed by atoms with van der Waals surface area (Å²) in [6.07, 6.45) is 4.04. The first-order chi connectivity index (χ1) is 6.97. The molecule has 1 aliphatic carbocycles. The molecule has 0 aromatic carbocycles. The number of quaternary nitrogens is 2. The van der Waals surface area contributed by atoms with Crippen LogP contribution in [0.25, 0.3) is 0 Å². The van der Waals surface area contributed by atoms with Crippen molar-refractivity contribution in [2.75, 3.05) is 13.2 Å². The molecular weight excluding hydrogens is 256 g/mol. The molecule has 0 radical (unpaired) electrons. The summed E-state index contributed by atoms with van der Waals surface area (Å²) in [6.45, 7) is 3.83. The Morgan fingerprint density at radius 2 is 1.56 bits per heavy atom. The lowest BCUT2D eigenvalue weighted by atomic mass is 9.56. The first-order valence-electron chi connectivity index (χ1n) is 5.84. The average Bonchev–Trinajstić information content (AvgIpc) is 2.22. The van der Waals surface area contributed by atoms with Gasteiger partial charge < -0.3 is 40.0 Å². The Kier molecular flexibility index (Phi) is 11.7. The summed E-state index contributed by atoms with van der Waals surface area (Å²) in [6, 6.07) is 0. The number of halogens is 1. The van der Waals surface area contributed by atoms with Crippen LogP contribution in [0, 0.1) is 10.8 Å². The fourth-order valence-electron chi connectivity index (χ4n) is 2.81. The van der Waals surface area contributed by atoms with Gasteiger partial charge in [-0.3, -0.25) is 0 Å². The van der Waals surface area contributed by atoms with Crippen LogP contribution in [0.3, 0.4) is 0 Å². The summed E-state index contributed by atoms with van der Waals surface area (Å²) < 4.78 is 0. The molecule has 10 N–H and O–H groups in total. The lowest BCUT2D eigenvalue weighted by Gasteiger charge is -2.53. The summed E-state index contributed by atoms with van der Waals surface area (Å²) in [5.74, 6) is 0. The summed E-state index contributed by atoms with van der Waals surface area (Å²) in [5.41, 5.74) is -0.337. The molecule has 1 rings (SSSR count). The van der Waals surface area contributed by atoms with E-state index in [1.807, 2.05) is 6.92 Å². The maximum Gasteiger partial charge on any atom is 0.0776 e. The van der Waals surface area contributed by atoms with E-state index >= 15 is 0 Å². The quantitative estimate of drug-likeness (QED) is 0.497. The number of aliphatic hydroxyl groups excluding tert-OH is 2. The molecule has 0 heterocycles. The molecule has 1 saturated carbocycles. The van der Waals surface area contributed by atoms with Crippen LogP contribution >= 0.6 is 0 Å². The molecule has 0 aliphatic heterocycles. The normalized spacial score (nSPS) is 32.5. The van der Waals surface area contributed by atoms with E-state index in [-0.39, 0.29) is 48.8 Å². The minimum absolute atomic E-state index is 0. The van der Waals surface area contributed by atoms with Crippen molar-refractivity contribution in [1.82, 2.24) is 12.3 Å². The van der Waals surface area contributed by atoms with Crippen molar-refractivity contribution in [2.45, 2.75) is 52.1 Å². The van der Waals surface area contributed by atoms with Gasteiger partial charge in [-0.2, -0.15) is 0 Å². The van der Waals surface area contributed by atoms with Crippen molar-refractivity contribution in [1.29, 1.82) is 0 Å². The second-order valence-corrected chi connectivity index (χ2v) is 5.51. The van der Waals surface area contributed by atoms with E-state index in [2.05, 4.69) is 6.92 Å². The summed E-state index contributed by atoms with van der Waals surface area (Å²) in [5, 5.41) is 29.8. The fourth-order valence-corrected chi connectivity index (χ4v) is 2.81. The maximum absolute atomic E-state index is 11.3. The van der Waals surface area contributed by atoms with Crippen LogP contribution < -0.4 is 29.8 Å². The maximum atomic E-state index is 11.3. The molecule has 5 nitrogen and oxygen atoms in total. The molecule has 1 aliphatic rings. The van der Waals surface area contributed by atoms with Crippen LogP contribution in [-0.2, 0) is 0 Å². The van der Waals surface area contributed by atoms with Crippen LogP contribution in [0.15, 0.2) is 0 Å². The van der Waals surface area contributed by atoms with E-state index in [9.17, 15) is 10.2 Å². The molecule has 6 heteroatoms. The minimum atomic E-state index is -0.682. The third-order valence-electron chi connectivity index (χ3n) is 4.38. The first-order valence-corrected chi connectivity index (χ1v) is 5.84. The molecule has 0 bridgehead atoms. The van der Waals surface area contributed by atoms with Gasteiger partial charge in [-0.1, -0.05) is 26.7 Å². The summed E-state index contributed by atoms with van der Waals surface area (Å²) in [7, 11) is 0. The lowest BCUT2D eigenvalue weighted by molar-refractivity contribution is -0.403. The van der Waals surface area contributed by atoms with Crippen LogP contribution in [0.1, 0.15) is 46.0 Å². The van der Waals surface area contributed by atoms with Gasteiger partial charge in [0, 0.05) is 0 Å². The Bertz CT molecular complexity index is 221. The van der Waals surface area contributed by atoms with Crippen molar-refractivity contribution >= 4 is 0 Å². The smallest absolute Gasteiger partial charge is 0.0776 e. The summed E-state index contributed by atoms with van der Waals surface area (Å²) >= 11 is 0. The van der Waals surface area contributed by atoms with Gasteiger partial charge in [-0.05, 0) is 30.1 Å². The van der Waals surface area contributed by atoms with E-state index in [0.717, 1.165) is 25.7 Å². The number of hydrogen-bond donors (Lipinski definition) is 4. The Morgan fingerprint density at radius 1 is 1.11 bits per heavy atom. The monoisotopic (exact) mass is 286 g/mol. The molecule has 18 heavy (non-hydrogen) atoms. The highest BCUT2D eigenvalue weighted by molar-refractivity contribution is 4.96. The third-order valence-corrected chi connectivity index (χ3v) is 4.38. The molecule has 0 saturated heterocycles. The number of aliphatic hydroxyl groups is 2. The molecule has 0 spiro atoms. The third kappa shape index (κ3) is 4.64. The zero-order chi connectivity index (χ0) is 11.5. The molecule has 3 unspecified atom stereocenters. The van der Waals surface area contributed by atoms with Gasteiger partial charge >= 0.3 is 0 Å². The molecule has 114 valence electrons. The topological polar surface area (TPSA) is 137 Å². The molecule has 0 aromatic rings. The van der Waals surface area contributed by atoms with Gasteiger partial charge in [0.25, 0.3) is 0 Å². The lowest BCUT2D eigenvalue weighted by Crippen LogP contribution is -3.00. The number of rotatable bonds is 4. The van der Waals surface area contributed by atoms with Crippen molar-refractivity contribution in [3.8, 4) is 0 Å². The average molecular weight is 287 g/mol. The molecular formula is C12H31ClN2O3. The molecule has 3 atom stereocenters. The van der Waals surface area contributed by atoms with Gasteiger partial charge in [0.05, 0.1) is 12.7 Å². The Morgan fingerprint density at radius 3 is 1.94 bits per heavy atom. The van der Waals surface area contributed by atoms with Crippen LogP contribution in [-0.4, -0.2) is 29.5 Å². The van der Waals surface area contributed by atoms with Crippen LogP contribution in [0.5, 0.6) is 0 Å². The Hall–Kier alpha value is 0.0900. The highest BCUT2D eigenvalue weighted by Gasteiger charge is 2.44. The second-order valence-electron chi connectivity index (χ2n) is 5.51. The standard InChI is InChI=1S/C12H23O3.ClH.2H3N/c1-11(7-10(15)8-13)5-3-4-6-12(11,2)9-14;;;/h10,13,15H,3-9H2,1-2H3;1H;2*1H3/q-1;;;/p+1. The van der Waals surface area contributed by atoms with Gasteiger partial charge in [-0.15, -0.1) is 6.61 Å². The van der Waals surface area contributed by atoms with Crippen LogP contribution in [0.2, 0.25) is 0 Å². The van der Waals surface area contributed by atoms with Crippen molar-refractivity contribution < 1.29 is 27.7 Å². The highest BCUT2D eigenvalue weighted by atomic mass is 35.5. The predicted octanol–water partition coefficient (Wildman–Crippen LogP) is -1.57. The van der Waals surface area contributed by atoms with E-state index in [1.54, 1.807) is 0 Å². The zero-order valence-electron chi connectivity index (χ0n) is 12.2. The predicted molar refractivity (Wildman–Crippen MR) is 69.2 cm³/mol. The molecule has 1 fully saturated rings. The van der Waals surface area contributed by atoms with E-state index in [1.165, 1.54) is 0 Å². The fraction of sp³-hybridized carbons (Fsp3) is 1.00. The zero-order valence-corrected chi connectivity index (χ0v) is 13.0. The highest BCUT2D eigenvalue weighted by Crippen LogP contribution is 2.52. The molecule has 0 aromatic heterocycles. The van der Waals surface area contributed by atoms with Crippen molar-refractivity contribution in [2.24, 2.45) is 10.8 Å². The first kappa shape index (κ1) is 23.2. The van der Waals surface area contributed by atoms with Gasteiger partial charge in [0.2, 0.25) is 0 Å². The van der Waals surface area contributed by atoms with Gasteiger partial charge in [-0.25, -0.2) is 0 Å². The van der Waals surface area contributed by atoms with E-state index < -0.39 is 6.10 Å². The van der Waals surface area contributed by atoms with E-state index in [4.69, 9.17) is 5.11 Å². The second kappa shape index (κ2) is 9.07. The SMILES string of the molecule is CC1(C[O-])CCCCC1(C)CC(O)CO.[Cl-].[NH4+].[NH4+]. The largest absolute Gasteiger partial charge is 1.00 e. The summed E-state index contributed by atoms with van der Waals surface area (Å²) in [4.78, 5) is 0. The Balaban J connectivity index is -0.000000750. The molecule has 0 amide bonds. The van der Waals surface area contributed by atoms with Crippen molar-refractivity contribution in [3.63, 3.8) is 0 Å².